The van der Waals surface area contributed by atoms with Crippen molar-refractivity contribution in [3.63, 3.8) is 0 Å². The fraction of sp³-hybridized carbons (Fsp3) is 0.951. The van der Waals surface area contributed by atoms with Crippen LogP contribution in [0.4, 0.5) is 0 Å². The largest absolute Gasteiger partial charge is 0.472 e. The molecule has 51 heavy (non-hydrogen) atoms. The first-order chi connectivity index (χ1) is 24.5. The Kier molecular flexibility index (Phi) is 34.1. The minimum atomic E-state index is -4.36. The van der Waals surface area contributed by atoms with Gasteiger partial charge < -0.3 is 18.9 Å². The number of phosphoric ester groups is 1. The molecule has 9 nitrogen and oxygen atoms in total. The molecule has 10 heteroatoms. The van der Waals surface area contributed by atoms with E-state index in [-0.39, 0.29) is 25.6 Å². The van der Waals surface area contributed by atoms with E-state index >= 15 is 0 Å². The van der Waals surface area contributed by atoms with Gasteiger partial charge in [-0.1, -0.05) is 174 Å². The maximum Gasteiger partial charge on any atom is 0.472 e. The Hall–Kier alpha value is -0.990. The number of phosphoric acid groups is 1. The van der Waals surface area contributed by atoms with Gasteiger partial charge in [-0.2, -0.15) is 0 Å². The molecule has 0 aliphatic carbocycles. The van der Waals surface area contributed by atoms with Gasteiger partial charge in [-0.3, -0.25) is 18.6 Å². The van der Waals surface area contributed by atoms with Crippen LogP contribution in [0.3, 0.4) is 0 Å². The van der Waals surface area contributed by atoms with E-state index in [1.807, 2.05) is 21.1 Å². The van der Waals surface area contributed by atoms with Crippen molar-refractivity contribution in [3.8, 4) is 0 Å². The van der Waals surface area contributed by atoms with E-state index in [1.165, 1.54) is 135 Å². The first-order valence-corrected chi connectivity index (χ1v) is 22.8. The van der Waals surface area contributed by atoms with Crippen LogP contribution in [0.2, 0.25) is 0 Å². The molecule has 304 valence electrons. The highest BCUT2D eigenvalue weighted by Gasteiger charge is 2.27. The van der Waals surface area contributed by atoms with Gasteiger partial charge in [0.1, 0.15) is 19.8 Å². The molecule has 0 aliphatic heterocycles. The van der Waals surface area contributed by atoms with Gasteiger partial charge in [0.25, 0.3) is 0 Å². The monoisotopic (exact) mass is 749 g/mol. The lowest BCUT2D eigenvalue weighted by Crippen LogP contribution is -2.37. The molecule has 0 aromatic carbocycles. The number of quaternary nitrogens is 1. The second-order valence-electron chi connectivity index (χ2n) is 15.7. The van der Waals surface area contributed by atoms with E-state index < -0.39 is 26.5 Å². The summed E-state index contributed by atoms with van der Waals surface area (Å²) in [6, 6.07) is 0. The third-order valence-electron chi connectivity index (χ3n) is 9.39. The SMILES string of the molecule is CCCCCCCCCCCCCCCCCCCCCC(=O)O[C@H](COC(=O)CCCCCCCCCC)COP(=O)(O)OCC[N+](C)(C)C. The molecule has 0 saturated carbocycles. The van der Waals surface area contributed by atoms with E-state index in [0.29, 0.717) is 17.4 Å². The van der Waals surface area contributed by atoms with E-state index in [9.17, 15) is 19.0 Å². The fourth-order valence-corrected chi connectivity index (χ4v) is 6.76. The third kappa shape index (κ3) is 38.5. The van der Waals surface area contributed by atoms with Crippen LogP contribution in [0.15, 0.2) is 0 Å². The van der Waals surface area contributed by atoms with E-state index in [2.05, 4.69) is 13.8 Å². The van der Waals surface area contributed by atoms with Crippen molar-refractivity contribution in [2.45, 2.75) is 206 Å². The van der Waals surface area contributed by atoms with Crippen molar-refractivity contribution in [1.29, 1.82) is 0 Å². The summed E-state index contributed by atoms with van der Waals surface area (Å²) < 4.78 is 34.2. The maximum atomic E-state index is 12.6. The topological polar surface area (TPSA) is 108 Å². The van der Waals surface area contributed by atoms with Crippen LogP contribution in [0.1, 0.15) is 200 Å². The lowest BCUT2D eigenvalue weighted by molar-refractivity contribution is -0.870. The van der Waals surface area contributed by atoms with Gasteiger partial charge in [-0.15, -0.1) is 0 Å². The molecule has 2 atom stereocenters. The number of rotatable bonds is 39. The van der Waals surface area contributed by atoms with E-state index in [4.69, 9.17) is 18.5 Å². The number of likely N-dealkylation sites (N-methyl/N-ethyl adjacent to an activating group) is 1. The van der Waals surface area contributed by atoms with E-state index in [0.717, 1.165) is 38.5 Å². The fourth-order valence-electron chi connectivity index (χ4n) is 6.01. The molecule has 0 aliphatic rings. The predicted molar refractivity (Wildman–Crippen MR) is 211 cm³/mol. The summed E-state index contributed by atoms with van der Waals surface area (Å²) in [6.45, 7) is 4.41. The zero-order valence-corrected chi connectivity index (χ0v) is 35.0. The summed E-state index contributed by atoms with van der Waals surface area (Å²) in [6.07, 6.45) is 33.0. The smallest absolute Gasteiger partial charge is 0.462 e. The van der Waals surface area contributed by atoms with Gasteiger partial charge in [0.15, 0.2) is 6.10 Å². The second kappa shape index (κ2) is 34.8. The molecule has 0 fully saturated rings. The highest BCUT2D eigenvalue weighted by atomic mass is 31.2. The summed E-state index contributed by atoms with van der Waals surface area (Å²) in [5.41, 5.74) is 0. The van der Waals surface area contributed by atoms with Crippen LogP contribution in [-0.4, -0.2) is 74.9 Å². The molecule has 0 rings (SSSR count). The summed E-state index contributed by atoms with van der Waals surface area (Å²) >= 11 is 0. The molecular weight excluding hydrogens is 665 g/mol. The molecule has 1 N–H and O–H groups in total. The average molecular weight is 749 g/mol. The van der Waals surface area contributed by atoms with Crippen LogP contribution < -0.4 is 0 Å². The second-order valence-corrected chi connectivity index (χ2v) is 17.2. The summed E-state index contributed by atoms with van der Waals surface area (Å²) in [5.74, 6) is -0.791. The molecule has 0 aromatic rings. The van der Waals surface area contributed by atoms with Crippen LogP contribution in [0.25, 0.3) is 0 Å². The van der Waals surface area contributed by atoms with Crippen molar-refractivity contribution in [3.05, 3.63) is 0 Å². The minimum Gasteiger partial charge on any atom is -0.462 e. The van der Waals surface area contributed by atoms with E-state index in [1.54, 1.807) is 0 Å². The molecule has 0 saturated heterocycles. The van der Waals surface area contributed by atoms with Gasteiger partial charge in [-0.25, -0.2) is 4.57 Å². The molecule has 0 aromatic heterocycles. The molecule has 0 amide bonds. The highest BCUT2D eigenvalue weighted by Crippen LogP contribution is 2.43. The molecular formula is C41H83NO8P+. The Bertz CT molecular complexity index is 850. The maximum absolute atomic E-state index is 12.6. The normalized spacial score (nSPS) is 13.6. The standard InChI is InChI=1S/C41H82NO8P/c1-6-8-10-12-14-16-17-18-19-20-21-22-23-24-25-26-28-30-32-34-41(44)50-39(38-49-51(45,46)48-36-35-42(3,4)5)37-47-40(43)33-31-29-27-15-13-11-9-7-2/h39H,6-38H2,1-5H3/p+1/t39-/m1/s1. The number of carbonyl (C=O) groups is 2. The number of hydrogen-bond acceptors (Lipinski definition) is 7. The zero-order valence-electron chi connectivity index (χ0n) is 34.1. The first-order valence-electron chi connectivity index (χ1n) is 21.3. The number of unbranched alkanes of at least 4 members (excludes halogenated alkanes) is 25. The summed E-state index contributed by atoms with van der Waals surface area (Å²) in [4.78, 5) is 35.2. The number of ether oxygens (including phenoxy) is 2. The van der Waals surface area contributed by atoms with Crippen molar-refractivity contribution in [1.82, 2.24) is 0 Å². The van der Waals surface area contributed by atoms with Gasteiger partial charge >= 0.3 is 19.8 Å². The van der Waals surface area contributed by atoms with Gasteiger partial charge in [0.2, 0.25) is 0 Å². The quantitative estimate of drug-likeness (QED) is 0.0286. The van der Waals surface area contributed by atoms with Crippen molar-refractivity contribution in [2.75, 3.05) is 47.5 Å². The molecule has 0 bridgehead atoms. The number of hydrogen-bond donors (Lipinski definition) is 1. The Morgan fingerprint density at radius 3 is 1.25 bits per heavy atom. The number of esters is 2. The lowest BCUT2D eigenvalue weighted by Gasteiger charge is -2.24. The Morgan fingerprint density at radius 1 is 0.529 bits per heavy atom. The lowest BCUT2D eigenvalue weighted by atomic mass is 10.0. The molecule has 0 heterocycles. The average Bonchev–Trinajstić information content (AvgIpc) is 3.07. The van der Waals surface area contributed by atoms with Crippen LogP contribution >= 0.6 is 7.82 Å². The van der Waals surface area contributed by atoms with Gasteiger partial charge in [0.05, 0.1) is 27.7 Å². The number of carbonyl (C=O) groups excluding carboxylic acids is 2. The van der Waals surface area contributed by atoms with Gasteiger partial charge in [-0.05, 0) is 12.8 Å². The summed E-state index contributed by atoms with van der Waals surface area (Å²) in [7, 11) is 1.49. The first kappa shape index (κ1) is 50.0. The Labute approximate surface area is 314 Å². The molecule has 0 spiro atoms. The van der Waals surface area contributed by atoms with Crippen LogP contribution in [0.5, 0.6) is 0 Å². The third-order valence-corrected chi connectivity index (χ3v) is 10.4. The Balaban J connectivity index is 4.23. The Morgan fingerprint density at radius 2 is 0.882 bits per heavy atom. The molecule has 0 radical (unpaired) electrons. The zero-order chi connectivity index (χ0) is 37.9. The highest BCUT2D eigenvalue weighted by molar-refractivity contribution is 7.47. The van der Waals surface area contributed by atoms with Crippen molar-refractivity contribution >= 4 is 19.8 Å². The minimum absolute atomic E-state index is 0.0364. The predicted octanol–water partition coefficient (Wildman–Crippen LogP) is 11.6. The van der Waals surface area contributed by atoms with Crippen LogP contribution in [-0.2, 0) is 32.7 Å². The summed E-state index contributed by atoms with van der Waals surface area (Å²) in [5, 5.41) is 0. The van der Waals surface area contributed by atoms with Crippen molar-refractivity contribution < 1.29 is 42.1 Å². The number of nitrogens with zero attached hydrogens (tertiary/aromatic N) is 1. The van der Waals surface area contributed by atoms with Crippen molar-refractivity contribution in [2.24, 2.45) is 0 Å². The van der Waals surface area contributed by atoms with Gasteiger partial charge in [0, 0.05) is 12.8 Å². The molecule has 1 unspecified atom stereocenters. The van der Waals surface area contributed by atoms with Crippen LogP contribution in [0, 0.1) is 0 Å².